The zero-order chi connectivity index (χ0) is 18.7. The van der Waals surface area contributed by atoms with E-state index in [0.29, 0.717) is 12.1 Å². The van der Waals surface area contributed by atoms with E-state index in [9.17, 15) is 25.0 Å². The lowest BCUT2D eigenvalue weighted by atomic mass is 10.1. The molecule has 2 aromatic rings. The van der Waals surface area contributed by atoms with E-state index >= 15 is 0 Å². The fourth-order valence-electron chi connectivity index (χ4n) is 2.42. The van der Waals surface area contributed by atoms with Crippen molar-refractivity contribution in [3.63, 3.8) is 0 Å². The van der Waals surface area contributed by atoms with Crippen LogP contribution in [0.1, 0.15) is 28.4 Å². The van der Waals surface area contributed by atoms with Crippen molar-refractivity contribution in [2.45, 2.75) is 12.5 Å². The summed E-state index contributed by atoms with van der Waals surface area (Å²) < 4.78 is 0. The summed E-state index contributed by atoms with van der Waals surface area (Å²) in [5, 5.41) is 28.0. The standard InChI is InChI=1S/C16H12N4O6/c21-16(11-7-13(19(22)23)9-14(8-11)20(24)25)18-12-3-1-10(2-4-12)15-5-6-17-26-15/h1-4,6-9,15H,5H2,(H,18,21)/t15-/m1/s1. The maximum Gasteiger partial charge on any atom is 0.277 e. The summed E-state index contributed by atoms with van der Waals surface area (Å²) >= 11 is 0. The fourth-order valence-corrected chi connectivity index (χ4v) is 2.42. The molecular formula is C16H12N4O6. The molecule has 0 saturated carbocycles. The molecular weight excluding hydrogens is 344 g/mol. The van der Waals surface area contributed by atoms with Gasteiger partial charge in [0, 0.05) is 30.5 Å². The van der Waals surface area contributed by atoms with Gasteiger partial charge in [-0.1, -0.05) is 17.3 Å². The molecule has 0 saturated heterocycles. The van der Waals surface area contributed by atoms with Crippen molar-refractivity contribution in [2.75, 3.05) is 5.32 Å². The predicted molar refractivity (Wildman–Crippen MR) is 91.1 cm³/mol. The molecule has 2 aromatic carbocycles. The van der Waals surface area contributed by atoms with Crippen LogP contribution in [0.2, 0.25) is 0 Å². The number of nitro benzene ring substituents is 2. The van der Waals surface area contributed by atoms with E-state index in [-0.39, 0.29) is 11.7 Å². The Morgan fingerprint density at radius 1 is 1.08 bits per heavy atom. The molecule has 3 rings (SSSR count). The van der Waals surface area contributed by atoms with Crippen molar-refractivity contribution in [3.05, 3.63) is 73.8 Å². The number of hydrogen-bond donors (Lipinski definition) is 1. The van der Waals surface area contributed by atoms with E-state index in [1.165, 1.54) is 0 Å². The Morgan fingerprint density at radius 2 is 1.69 bits per heavy atom. The van der Waals surface area contributed by atoms with Gasteiger partial charge in [0.15, 0.2) is 6.10 Å². The first-order valence-electron chi connectivity index (χ1n) is 7.47. The third-order valence-electron chi connectivity index (χ3n) is 3.71. The molecule has 0 aromatic heterocycles. The molecule has 0 spiro atoms. The molecule has 0 unspecified atom stereocenters. The Morgan fingerprint density at radius 3 is 2.19 bits per heavy atom. The molecule has 26 heavy (non-hydrogen) atoms. The largest absolute Gasteiger partial charge is 0.388 e. The number of nitrogens with zero attached hydrogens (tertiary/aromatic N) is 3. The van der Waals surface area contributed by atoms with Gasteiger partial charge in [-0.05, 0) is 17.7 Å². The second-order valence-corrected chi connectivity index (χ2v) is 5.45. The predicted octanol–water partition coefficient (Wildman–Crippen LogP) is 3.20. The maximum atomic E-state index is 12.3. The average Bonchev–Trinajstić information content (AvgIpc) is 3.16. The molecule has 0 aliphatic carbocycles. The Hall–Kier alpha value is -3.82. The van der Waals surface area contributed by atoms with Gasteiger partial charge < -0.3 is 10.2 Å². The topological polar surface area (TPSA) is 137 Å². The van der Waals surface area contributed by atoms with Gasteiger partial charge in [0.05, 0.1) is 21.5 Å². The molecule has 1 heterocycles. The smallest absolute Gasteiger partial charge is 0.277 e. The Kier molecular flexibility index (Phi) is 4.56. The Bertz CT molecular complexity index is 869. The second kappa shape index (κ2) is 6.97. The minimum Gasteiger partial charge on any atom is -0.388 e. The monoisotopic (exact) mass is 356 g/mol. The van der Waals surface area contributed by atoms with E-state index in [1.54, 1.807) is 30.5 Å². The summed E-state index contributed by atoms with van der Waals surface area (Å²) in [5.74, 6) is -0.690. The van der Waals surface area contributed by atoms with Gasteiger partial charge in [-0.2, -0.15) is 0 Å². The number of nitrogens with one attached hydrogen (secondary N) is 1. The van der Waals surface area contributed by atoms with Crippen LogP contribution in [-0.4, -0.2) is 22.0 Å². The molecule has 1 aliphatic heterocycles. The highest BCUT2D eigenvalue weighted by molar-refractivity contribution is 6.05. The molecule has 0 radical (unpaired) electrons. The van der Waals surface area contributed by atoms with Crippen LogP contribution in [0.15, 0.2) is 47.6 Å². The van der Waals surface area contributed by atoms with Crippen LogP contribution in [0.3, 0.4) is 0 Å². The molecule has 0 fully saturated rings. The molecule has 132 valence electrons. The van der Waals surface area contributed by atoms with E-state index < -0.39 is 27.1 Å². The van der Waals surface area contributed by atoms with Crippen molar-refractivity contribution in [1.82, 2.24) is 0 Å². The van der Waals surface area contributed by atoms with Crippen LogP contribution >= 0.6 is 0 Å². The summed E-state index contributed by atoms with van der Waals surface area (Å²) in [7, 11) is 0. The minimum atomic E-state index is -0.789. The SMILES string of the molecule is O=C(Nc1ccc([C@H]2CC=NO2)cc1)c1cc([N+](=O)[O-])cc([N+](=O)[O-])c1. The Labute approximate surface area is 146 Å². The van der Waals surface area contributed by atoms with Gasteiger partial charge in [-0.3, -0.25) is 25.0 Å². The quantitative estimate of drug-likeness (QED) is 0.645. The fraction of sp³-hybridized carbons (Fsp3) is 0.125. The lowest BCUT2D eigenvalue weighted by Gasteiger charge is -2.10. The molecule has 0 bridgehead atoms. The molecule has 10 heteroatoms. The molecule has 1 aliphatic rings. The van der Waals surface area contributed by atoms with Crippen molar-refractivity contribution in [3.8, 4) is 0 Å². The zero-order valence-electron chi connectivity index (χ0n) is 13.2. The van der Waals surface area contributed by atoms with Gasteiger partial charge in [0.25, 0.3) is 17.3 Å². The minimum absolute atomic E-state index is 0.167. The number of benzene rings is 2. The summed E-state index contributed by atoms with van der Waals surface area (Å²) in [5.41, 5.74) is 0.0805. The van der Waals surface area contributed by atoms with E-state index in [4.69, 9.17) is 4.84 Å². The number of rotatable bonds is 5. The van der Waals surface area contributed by atoms with Gasteiger partial charge in [0.1, 0.15) is 0 Å². The average molecular weight is 356 g/mol. The zero-order valence-corrected chi connectivity index (χ0v) is 13.2. The lowest BCUT2D eigenvalue weighted by Crippen LogP contribution is -2.12. The highest BCUT2D eigenvalue weighted by atomic mass is 16.6. The second-order valence-electron chi connectivity index (χ2n) is 5.45. The van der Waals surface area contributed by atoms with Gasteiger partial charge in [-0.15, -0.1) is 0 Å². The van der Waals surface area contributed by atoms with E-state index in [1.807, 2.05) is 0 Å². The number of amides is 1. The number of nitro groups is 2. The van der Waals surface area contributed by atoms with Crippen LogP contribution in [-0.2, 0) is 4.84 Å². The number of carbonyl (C=O) groups is 1. The van der Waals surface area contributed by atoms with Crippen LogP contribution < -0.4 is 5.32 Å². The highest BCUT2D eigenvalue weighted by Gasteiger charge is 2.20. The van der Waals surface area contributed by atoms with E-state index in [2.05, 4.69) is 10.5 Å². The molecule has 1 atom stereocenters. The number of anilines is 1. The maximum absolute atomic E-state index is 12.3. The van der Waals surface area contributed by atoms with Gasteiger partial charge in [0.2, 0.25) is 0 Å². The molecule has 1 N–H and O–H groups in total. The summed E-state index contributed by atoms with van der Waals surface area (Å²) in [6, 6.07) is 9.56. The molecule has 10 nitrogen and oxygen atoms in total. The number of carbonyl (C=O) groups excluding carboxylic acids is 1. The lowest BCUT2D eigenvalue weighted by molar-refractivity contribution is -0.394. The van der Waals surface area contributed by atoms with Crippen LogP contribution in [0.25, 0.3) is 0 Å². The number of hydrogen-bond acceptors (Lipinski definition) is 7. The van der Waals surface area contributed by atoms with Crippen molar-refractivity contribution >= 4 is 29.2 Å². The first-order chi connectivity index (χ1) is 12.4. The highest BCUT2D eigenvalue weighted by Crippen LogP contribution is 2.26. The van der Waals surface area contributed by atoms with Crippen LogP contribution in [0.4, 0.5) is 17.1 Å². The number of non-ortho nitro benzene ring substituents is 2. The normalized spacial score (nSPS) is 15.3. The Balaban J connectivity index is 1.79. The summed E-state index contributed by atoms with van der Waals surface area (Å²) in [4.78, 5) is 37.7. The van der Waals surface area contributed by atoms with Crippen LogP contribution in [0.5, 0.6) is 0 Å². The first kappa shape index (κ1) is 17.0. The summed E-state index contributed by atoms with van der Waals surface area (Å²) in [6.07, 6.45) is 2.15. The molecule has 1 amide bonds. The third kappa shape index (κ3) is 3.64. The van der Waals surface area contributed by atoms with Gasteiger partial charge in [-0.25, -0.2) is 0 Å². The van der Waals surface area contributed by atoms with Gasteiger partial charge >= 0.3 is 0 Å². The summed E-state index contributed by atoms with van der Waals surface area (Å²) in [6.45, 7) is 0. The van der Waals surface area contributed by atoms with Crippen LogP contribution in [0, 0.1) is 20.2 Å². The number of oxime groups is 1. The van der Waals surface area contributed by atoms with Crippen molar-refractivity contribution in [2.24, 2.45) is 5.16 Å². The van der Waals surface area contributed by atoms with E-state index in [0.717, 1.165) is 23.8 Å². The first-order valence-corrected chi connectivity index (χ1v) is 7.47. The van der Waals surface area contributed by atoms with Crippen molar-refractivity contribution < 1.29 is 19.5 Å². The van der Waals surface area contributed by atoms with Crippen molar-refractivity contribution in [1.29, 1.82) is 0 Å². The third-order valence-corrected chi connectivity index (χ3v) is 3.71.